The highest BCUT2D eigenvalue weighted by Gasteiger charge is 2.32. The van der Waals surface area contributed by atoms with Gasteiger partial charge in [-0.25, -0.2) is 0 Å². The van der Waals surface area contributed by atoms with Crippen LogP contribution in [0.2, 0.25) is 0 Å². The predicted molar refractivity (Wildman–Crippen MR) is 202 cm³/mol. The van der Waals surface area contributed by atoms with E-state index in [9.17, 15) is 19.2 Å². The first-order valence-electron chi connectivity index (χ1n) is 13.4. The van der Waals surface area contributed by atoms with E-state index >= 15 is 0 Å². The third-order valence-corrected chi connectivity index (χ3v) is 17.4. The molecule has 0 saturated heterocycles. The van der Waals surface area contributed by atoms with Gasteiger partial charge >= 0.3 is 0 Å². The van der Waals surface area contributed by atoms with Crippen molar-refractivity contribution in [1.29, 1.82) is 0 Å². The van der Waals surface area contributed by atoms with Crippen LogP contribution in [0.15, 0.2) is 142 Å². The molecule has 0 saturated carbocycles. The molecule has 0 fully saturated rings. The van der Waals surface area contributed by atoms with E-state index in [1.165, 1.54) is 8.47 Å². The lowest BCUT2D eigenvalue weighted by Gasteiger charge is -2.05. The molecule has 12 heteroatoms. The van der Waals surface area contributed by atoms with Crippen LogP contribution < -0.4 is 0 Å². The maximum Gasteiger partial charge on any atom is 0.150 e. The monoisotopic (exact) mass is 748 g/mol. The van der Waals surface area contributed by atoms with E-state index in [0.717, 1.165) is 61.7 Å². The van der Waals surface area contributed by atoms with Gasteiger partial charge in [0.15, 0.2) is 0 Å². The van der Waals surface area contributed by atoms with Gasteiger partial charge < -0.3 is 0 Å². The molecule has 0 atom stereocenters. The summed E-state index contributed by atoms with van der Waals surface area (Å²) in [6.45, 7) is 0. The fourth-order valence-corrected chi connectivity index (χ4v) is 15.3. The summed E-state index contributed by atoms with van der Waals surface area (Å²) in [5.41, 5.74) is 2.56. The normalized spacial score (nSPS) is 14.6. The number of carbonyl (C=O) groups is 4. The van der Waals surface area contributed by atoms with Crippen molar-refractivity contribution >= 4 is 119 Å². The molecule has 4 aromatic rings. The fourth-order valence-electron chi connectivity index (χ4n) is 3.85. The van der Waals surface area contributed by atoms with Gasteiger partial charge in [0.25, 0.3) is 0 Å². The first-order valence-corrected chi connectivity index (χ1v) is 19.9. The number of carbonyl (C=O) groups excluding carboxylic acids is 4. The molecule has 0 aliphatic carbocycles. The summed E-state index contributed by atoms with van der Waals surface area (Å²) in [4.78, 5) is 49.0. The van der Waals surface area contributed by atoms with Gasteiger partial charge in [-0.15, -0.1) is 0 Å². The van der Waals surface area contributed by atoms with Gasteiger partial charge in [-0.05, 0) is 48.5 Å². The molecule has 0 aromatic heterocycles. The molecule has 228 valence electrons. The summed E-state index contributed by atoms with van der Waals surface area (Å²) in [6.07, 6.45) is 3.39. The fraction of sp³-hybridized carbons (Fsp3) is 0. The molecular formula is C34H20O4S8. The molecule has 2 heterocycles. The summed E-state index contributed by atoms with van der Waals surface area (Å²) in [6, 6.07) is 30.4. The van der Waals surface area contributed by atoms with Crippen LogP contribution in [0.4, 0.5) is 0 Å². The Morgan fingerprint density at radius 3 is 0.696 bits per heavy atom. The van der Waals surface area contributed by atoms with Crippen LogP contribution >= 0.6 is 94.1 Å². The minimum atomic E-state index is 0.640. The molecule has 0 radical (unpaired) electrons. The predicted octanol–water partition coefficient (Wildman–Crippen LogP) is 11.7. The number of aldehydes is 4. The molecule has 46 heavy (non-hydrogen) atoms. The zero-order valence-corrected chi connectivity index (χ0v) is 30.0. The average Bonchev–Trinajstić information content (AvgIpc) is 3.69. The highest BCUT2D eigenvalue weighted by molar-refractivity contribution is 8.45. The second-order valence-electron chi connectivity index (χ2n) is 9.29. The topological polar surface area (TPSA) is 68.3 Å². The molecule has 0 N–H and O–H groups in total. The smallest absolute Gasteiger partial charge is 0.150 e. The van der Waals surface area contributed by atoms with Gasteiger partial charge in [0.2, 0.25) is 0 Å². The largest absolute Gasteiger partial charge is 0.298 e. The molecule has 0 spiro atoms. The molecule has 4 nitrogen and oxygen atoms in total. The average molecular weight is 749 g/mol. The van der Waals surface area contributed by atoms with Crippen molar-refractivity contribution in [3.8, 4) is 0 Å². The quantitative estimate of drug-likeness (QED) is 0.130. The van der Waals surface area contributed by atoms with Crippen molar-refractivity contribution in [1.82, 2.24) is 0 Å². The summed E-state index contributed by atoms with van der Waals surface area (Å²) in [7, 11) is 0. The Kier molecular flexibility index (Phi) is 11.7. The Balaban J connectivity index is 1.29. The van der Waals surface area contributed by atoms with E-state index in [1.807, 2.05) is 97.1 Å². The van der Waals surface area contributed by atoms with Gasteiger partial charge in [0, 0.05) is 41.8 Å². The highest BCUT2D eigenvalue weighted by atomic mass is 32.3. The van der Waals surface area contributed by atoms with Gasteiger partial charge in [0.1, 0.15) is 25.1 Å². The van der Waals surface area contributed by atoms with Crippen LogP contribution in [-0.2, 0) is 0 Å². The molecule has 0 unspecified atom stereocenters. The Hall–Kier alpha value is -2.42. The van der Waals surface area contributed by atoms with Crippen molar-refractivity contribution in [2.24, 2.45) is 0 Å². The van der Waals surface area contributed by atoms with Gasteiger partial charge in [-0.3, -0.25) is 19.2 Å². The first kappa shape index (κ1) is 33.5. The lowest BCUT2D eigenvalue weighted by Crippen LogP contribution is -1.80. The molecule has 6 rings (SSSR count). The summed E-state index contributed by atoms with van der Waals surface area (Å²) >= 11 is 13.7. The molecular weight excluding hydrogens is 729 g/mol. The van der Waals surface area contributed by atoms with Crippen molar-refractivity contribution in [3.63, 3.8) is 0 Å². The second-order valence-corrected chi connectivity index (χ2v) is 19.3. The van der Waals surface area contributed by atoms with E-state index in [2.05, 4.69) is 0 Å². The van der Waals surface area contributed by atoms with E-state index in [-0.39, 0.29) is 0 Å². The first-order chi connectivity index (χ1) is 22.5. The summed E-state index contributed by atoms with van der Waals surface area (Å²) < 4.78 is 7.00. The molecule has 2 aliphatic heterocycles. The van der Waals surface area contributed by atoms with E-state index in [1.54, 1.807) is 94.1 Å². The van der Waals surface area contributed by atoms with Crippen LogP contribution in [0.25, 0.3) is 0 Å². The molecule has 0 bridgehead atoms. The van der Waals surface area contributed by atoms with Crippen LogP contribution in [-0.4, -0.2) is 25.1 Å². The number of thioether (sulfide) groups is 8. The van der Waals surface area contributed by atoms with Crippen molar-refractivity contribution in [3.05, 3.63) is 145 Å². The minimum Gasteiger partial charge on any atom is -0.298 e. The Morgan fingerprint density at radius 1 is 0.326 bits per heavy atom. The zero-order valence-electron chi connectivity index (χ0n) is 23.4. The zero-order chi connectivity index (χ0) is 31.9. The van der Waals surface area contributed by atoms with Gasteiger partial charge in [0.05, 0.1) is 25.4 Å². The number of rotatable bonds is 12. The third kappa shape index (κ3) is 8.53. The van der Waals surface area contributed by atoms with Crippen molar-refractivity contribution in [2.75, 3.05) is 0 Å². The Morgan fingerprint density at radius 2 is 0.522 bits per heavy atom. The van der Waals surface area contributed by atoms with E-state index in [0.29, 0.717) is 22.3 Å². The number of benzene rings is 4. The van der Waals surface area contributed by atoms with E-state index in [4.69, 9.17) is 0 Å². The lowest BCUT2D eigenvalue weighted by molar-refractivity contribution is 0.111. The van der Waals surface area contributed by atoms with Gasteiger partial charge in [-0.1, -0.05) is 143 Å². The lowest BCUT2D eigenvalue weighted by atomic mass is 10.2. The van der Waals surface area contributed by atoms with Crippen LogP contribution in [0.3, 0.4) is 0 Å². The van der Waals surface area contributed by atoms with Crippen molar-refractivity contribution < 1.29 is 19.2 Å². The maximum atomic E-state index is 11.2. The highest BCUT2D eigenvalue weighted by Crippen LogP contribution is 2.68. The minimum absolute atomic E-state index is 0.640. The number of hydrogen-bond donors (Lipinski definition) is 0. The SMILES string of the molecule is O=Cc1ccc(SC2=C(Sc3ccc(C=O)cc3)SC(=C3SC(Sc4ccc(C=O)cc4)=C(Sc4ccc(C=O)cc4)S3)S2)cc1. The standard InChI is InChI=1S/C34H20O4S8/c35-17-21-1-9-25(10-2-21)39-29-30(40-26-11-3-22(18-36)4-12-26)44-33(43-29)34-45-31(41-27-13-5-23(19-37)6-14-27)32(46-34)42-28-15-7-24(20-38)8-16-28/h1-20H. The second kappa shape index (κ2) is 16.1. The van der Waals surface area contributed by atoms with Crippen molar-refractivity contribution in [2.45, 2.75) is 19.6 Å². The Bertz CT molecular complexity index is 1610. The van der Waals surface area contributed by atoms with Crippen LogP contribution in [0.5, 0.6) is 0 Å². The molecule has 2 aliphatic rings. The summed E-state index contributed by atoms with van der Waals surface area (Å²) in [5.74, 6) is 0. The van der Waals surface area contributed by atoms with E-state index < -0.39 is 0 Å². The number of hydrogen-bond acceptors (Lipinski definition) is 12. The van der Waals surface area contributed by atoms with Gasteiger partial charge in [-0.2, -0.15) is 0 Å². The molecule has 4 aromatic carbocycles. The van der Waals surface area contributed by atoms with Crippen LogP contribution in [0.1, 0.15) is 41.4 Å². The third-order valence-electron chi connectivity index (χ3n) is 6.15. The maximum absolute atomic E-state index is 11.2. The van der Waals surface area contributed by atoms with Crippen LogP contribution in [0, 0.1) is 0 Å². The summed E-state index contributed by atoms with van der Waals surface area (Å²) in [5, 5.41) is 0. The Labute approximate surface area is 300 Å². The molecule has 0 amide bonds.